The third-order valence-electron chi connectivity index (χ3n) is 9.07. The van der Waals surface area contributed by atoms with Gasteiger partial charge in [0.2, 0.25) is 0 Å². The van der Waals surface area contributed by atoms with Crippen LogP contribution in [0.25, 0.3) is 0 Å². The molecule has 0 spiro atoms. The van der Waals surface area contributed by atoms with Gasteiger partial charge in [-0.15, -0.1) is 11.8 Å². The molecule has 1 unspecified atom stereocenters. The van der Waals surface area contributed by atoms with E-state index in [0.717, 1.165) is 17.0 Å². The minimum absolute atomic E-state index is 0.102. The van der Waals surface area contributed by atoms with Crippen molar-refractivity contribution in [3.63, 3.8) is 0 Å². The first-order chi connectivity index (χ1) is 21.4. The number of nitrogens with zero attached hydrogens (tertiary/aromatic N) is 1. The molecule has 4 saturated heterocycles. The normalized spacial score (nSPS) is 35.6. The number of methoxy groups -OCH3 is 1. The highest BCUT2D eigenvalue weighted by molar-refractivity contribution is 8.00. The van der Waals surface area contributed by atoms with Gasteiger partial charge in [-0.2, -0.15) is 0 Å². The third kappa shape index (κ3) is 6.10. The van der Waals surface area contributed by atoms with Crippen LogP contribution in [0.15, 0.2) is 95.9 Å². The standard InChI is InChI=1S/C35H41NO7S/c1-35(2)42-25-20-36(19-22-13-7-4-8-14-22)28(30(25)43-35)32(44-24-17-11-6-12-18-24)27-29(37)31-26(40-34(27)38-3)21-39-33(41-31)23-15-9-5-10-16-23/h4-18,25-34,37H,19-21H2,1-3H3/t25-,26+,27-,28-,29-,30-,31+,32?,33+,34-/m0/s1. The smallest absolute Gasteiger partial charge is 0.184 e. The fourth-order valence-electron chi connectivity index (χ4n) is 7.22. The van der Waals surface area contributed by atoms with Gasteiger partial charge in [-0.3, -0.25) is 4.90 Å². The van der Waals surface area contributed by atoms with Crippen molar-refractivity contribution >= 4 is 11.8 Å². The summed E-state index contributed by atoms with van der Waals surface area (Å²) in [6.45, 7) is 5.69. The van der Waals surface area contributed by atoms with E-state index in [9.17, 15) is 5.11 Å². The number of rotatable bonds is 8. The van der Waals surface area contributed by atoms with Gasteiger partial charge in [-0.25, -0.2) is 0 Å². The summed E-state index contributed by atoms with van der Waals surface area (Å²) in [6.07, 6.45) is -3.52. The van der Waals surface area contributed by atoms with Crippen molar-refractivity contribution in [1.82, 2.24) is 4.90 Å². The molecular formula is C35H41NO7S. The average Bonchev–Trinajstić information content (AvgIpc) is 3.51. The van der Waals surface area contributed by atoms with Crippen LogP contribution in [0.1, 0.15) is 31.3 Å². The van der Waals surface area contributed by atoms with Crippen LogP contribution in [0.2, 0.25) is 0 Å². The van der Waals surface area contributed by atoms with Crippen molar-refractivity contribution < 1.29 is 33.5 Å². The first-order valence-corrected chi connectivity index (χ1v) is 16.3. The molecule has 0 aromatic heterocycles. The molecule has 10 atom stereocenters. The fraction of sp³-hybridized carbons (Fsp3) is 0.486. The van der Waals surface area contributed by atoms with Crippen molar-refractivity contribution in [2.45, 2.75) is 85.5 Å². The molecular weight excluding hydrogens is 578 g/mol. The van der Waals surface area contributed by atoms with Gasteiger partial charge in [0.1, 0.15) is 24.4 Å². The van der Waals surface area contributed by atoms with Crippen LogP contribution in [0.3, 0.4) is 0 Å². The average molecular weight is 620 g/mol. The number of fused-ring (bicyclic) bond motifs is 2. The zero-order chi connectivity index (χ0) is 30.3. The number of benzene rings is 3. The van der Waals surface area contributed by atoms with E-state index in [1.54, 1.807) is 18.9 Å². The quantitative estimate of drug-likeness (QED) is 0.350. The molecule has 0 saturated carbocycles. The lowest BCUT2D eigenvalue weighted by Crippen LogP contribution is -2.64. The first kappa shape index (κ1) is 30.3. The number of thioether (sulfide) groups is 1. The molecule has 44 heavy (non-hydrogen) atoms. The molecule has 234 valence electrons. The third-order valence-corrected chi connectivity index (χ3v) is 10.5. The zero-order valence-corrected chi connectivity index (χ0v) is 26.1. The van der Waals surface area contributed by atoms with Gasteiger partial charge in [-0.05, 0) is 31.5 Å². The Bertz CT molecular complexity index is 1370. The maximum Gasteiger partial charge on any atom is 0.184 e. The summed E-state index contributed by atoms with van der Waals surface area (Å²) in [5.41, 5.74) is 2.12. The van der Waals surface area contributed by atoms with Crippen LogP contribution >= 0.6 is 11.8 Å². The van der Waals surface area contributed by atoms with E-state index < -0.39 is 42.6 Å². The minimum Gasteiger partial charge on any atom is -0.390 e. The Hall–Kier alpha value is -2.31. The lowest BCUT2D eigenvalue weighted by molar-refractivity contribution is -0.351. The summed E-state index contributed by atoms with van der Waals surface area (Å²) in [4.78, 5) is 3.54. The Morgan fingerprint density at radius 1 is 0.886 bits per heavy atom. The van der Waals surface area contributed by atoms with E-state index in [1.165, 1.54) is 5.56 Å². The maximum atomic E-state index is 12.3. The second-order valence-corrected chi connectivity index (χ2v) is 13.7. The Labute approximate surface area is 263 Å². The van der Waals surface area contributed by atoms with Crippen LogP contribution in [0.4, 0.5) is 0 Å². The molecule has 4 heterocycles. The molecule has 0 radical (unpaired) electrons. The SMILES string of the molecule is CO[C@H]1O[C@@H]2CO[C@@H](c3ccccc3)O[C@H]2[C@@H](O)[C@H]1C(Sc1ccccc1)[C@@H]1[C@H]2OC(C)(C)O[C@H]2CN1Cc1ccccc1. The monoisotopic (exact) mass is 619 g/mol. The van der Waals surface area contributed by atoms with Gasteiger partial charge in [-0.1, -0.05) is 78.9 Å². The lowest BCUT2D eigenvalue weighted by atomic mass is 9.83. The second kappa shape index (κ2) is 12.8. The summed E-state index contributed by atoms with van der Waals surface area (Å²) in [5, 5.41) is 12.1. The Balaban J connectivity index is 1.26. The fourth-order valence-corrected chi connectivity index (χ4v) is 8.76. The summed E-state index contributed by atoms with van der Waals surface area (Å²) < 4.78 is 38.2. The predicted octanol–water partition coefficient (Wildman–Crippen LogP) is 5.01. The summed E-state index contributed by atoms with van der Waals surface area (Å²) in [7, 11) is 1.64. The van der Waals surface area contributed by atoms with E-state index >= 15 is 0 Å². The van der Waals surface area contributed by atoms with Crippen molar-refractivity contribution in [1.29, 1.82) is 0 Å². The molecule has 0 bridgehead atoms. The van der Waals surface area contributed by atoms with E-state index in [2.05, 4.69) is 41.3 Å². The Kier molecular flexibility index (Phi) is 8.85. The molecule has 4 aliphatic rings. The van der Waals surface area contributed by atoms with Crippen LogP contribution < -0.4 is 0 Å². The molecule has 1 N–H and O–H groups in total. The van der Waals surface area contributed by atoms with E-state index in [-0.39, 0.29) is 23.5 Å². The molecule has 4 fully saturated rings. The number of aliphatic hydroxyl groups is 1. The molecule has 3 aromatic carbocycles. The van der Waals surface area contributed by atoms with Crippen molar-refractivity contribution in [2.24, 2.45) is 5.92 Å². The number of aliphatic hydroxyl groups excluding tert-OH is 1. The van der Waals surface area contributed by atoms with Gasteiger partial charge in [0, 0.05) is 35.9 Å². The maximum absolute atomic E-state index is 12.3. The molecule has 9 heteroatoms. The summed E-state index contributed by atoms with van der Waals surface area (Å²) in [5.74, 6) is -1.15. The van der Waals surface area contributed by atoms with E-state index in [4.69, 9.17) is 28.4 Å². The number of ether oxygens (including phenoxy) is 6. The molecule has 8 nitrogen and oxygen atoms in total. The van der Waals surface area contributed by atoms with Crippen LogP contribution in [-0.4, -0.2) is 84.2 Å². The molecule has 4 aliphatic heterocycles. The first-order valence-electron chi connectivity index (χ1n) is 15.4. The summed E-state index contributed by atoms with van der Waals surface area (Å²) in [6, 6.07) is 30.5. The molecule has 7 rings (SSSR count). The topological polar surface area (TPSA) is 78.9 Å². The molecule has 0 aliphatic carbocycles. The molecule has 0 amide bonds. The van der Waals surface area contributed by atoms with Gasteiger partial charge in [0.15, 0.2) is 18.4 Å². The van der Waals surface area contributed by atoms with Crippen molar-refractivity contribution in [3.8, 4) is 0 Å². The molecule has 3 aromatic rings. The lowest BCUT2D eigenvalue weighted by Gasteiger charge is -2.51. The highest BCUT2D eigenvalue weighted by Gasteiger charge is 2.60. The Morgan fingerprint density at radius 2 is 1.57 bits per heavy atom. The summed E-state index contributed by atoms with van der Waals surface area (Å²) >= 11 is 1.73. The van der Waals surface area contributed by atoms with Crippen LogP contribution in [0.5, 0.6) is 0 Å². The largest absolute Gasteiger partial charge is 0.390 e. The highest BCUT2D eigenvalue weighted by atomic mass is 32.2. The zero-order valence-electron chi connectivity index (χ0n) is 25.3. The van der Waals surface area contributed by atoms with E-state index in [1.807, 2.05) is 68.4 Å². The van der Waals surface area contributed by atoms with Gasteiger partial charge >= 0.3 is 0 Å². The van der Waals surface area contributed by atoms with Gasteiger partial charge in [0.05, 0.1) is 24.7 Å². The highest BCUT2D eigenvalue weighted by Crippen LogP contribution is 2.48. The van der Waals surface area contributed by atoms with Crippen molar-refractivity contribution in [2.75, 3.05) is 20.3 Å². The van der Waals surface area contributed by atoms with Gasteiger partial charge < -0.3 is 33.5 Å². The van der Waals surface area contributed by atoms with Gasteiger partial charge in [0.25, 0.3) is 0 Å². The minimum atomic E-state index is -0.886. The number of hydrogen-bond acceptors (Lipinski definition) is 9. The van der Waals surface area contributed by atoms with Crippen LogP contribution in [-0.2, 0) is 35.0 Å². The van der Waals surface area contributed by atoms with Crippen molar-refractivity contribution in [3.05, 3.63) is 102 Å². The van der Waals surface area contributed by atoms with E-state index in [0.29, 0.717) is 13.2 Å². The Morgan fingerprint density at radius 3 is 2.27 bits per heavy atom. The van der Waals surface area contributed by atoms with Crippen LogP contribution in [0, 0.1) is 5.92 Å². The predicted molar refractivity (Wildman–Crippen MR) is 166 cm³/mol. The number of likely N-dealkylation sites (tertiary alicyclic amines) is 1. The number of hydrogen-bond donors (Lipinski definition) is 1. The second-order valence-electron chi connectivity index (χ2n) is 12.5.